The topological polar surface area (TPSA) is 3.24 Å². The summed E-state index contributed by atoms with van der Waals surface area (Å²) in [5.41, 5.74) is 1.25. The third-order valence-corrected chi connectivity index (χ3v) is 3.67. The number of nitrogens with zero attached hydrogens (tertiary/aromatic N) is 1. The SMILES string of the molecule is CN(C)c1ccc2c(c1)[cH-]c1ccccc12.[Cl-].[Cl-].[Zr+4].c1cc[cH-]c1. The molecule has 0 N–H and O–H groups in total. The summed E-state index contributed by atoms with van der Waals surface area (Å²) in [7, 11) is 4.15. The van der Waals surface area contributed by atoms with Gasteiger partial charge in [-0.25, -0.2) is 12.1 Å². The fourth-order valence-corrected chi connectivity index (χ4v) is 2.55. The summed E-state index contributed by atoms with van der Waals surface area (Å²) in [6.07, 6.45) is 0. The molecule has 0 spiro atoms. The van der Waals surface area contributed by atoms with Crippen LogP contribution in [0.2, 0.25) is 0 Å². The minimum atomic E-state index is 0. The Bertz CT molecular complexity index is 818. The molecule has 0 saturated carbocycles. The molecule has 0 bridgehead atoms. The number of fused-ring (bicyclic) bond motifs is 3. The second-order valence-electron chi connectivity index (χ2n) is 5.36. The van der Waals surface area contributed by atoms with Gasteiger partial charge in [-0.1, -0.05) is 36.4 Å². The predicted octanol–water partition coefficient (Wildman–Crippen LogP) is -0.811. The maximum atomic E-state index is 2.26. The Morgan fingerprint density at radius 1 is 0.750 bits per heavy atom. The first-order valence-electron chi connectivity index (χ1n) is 7.18. The zero-order valence-corrected chi connectivity index (χ0v) is 17.7. The fourth-order valence-electron chi connectivity index (χ4n) is 2.55. The Kier molecular flexibility index (Phi) is 10.2. The van der Waals surface area contributed by atoms with Crippen molar-refractivity contribution in [3.63, 3.8) is 0 Å². The molecule has 0 aliphatic heterocycles. The summed E-state index contributed by atoms with van der Waals surface area (Å²) in [6, 6.07) is 27.4. The quantitative estimate of drug-likeness (QED) is 0.354. The van der Waals surface area contributed by atoms with Crippen LogP contribution in [-0.2, 0) is 26.2 Å². The van der Waals surface area contributed by atoms with E-state index in [-0.39, 0.29) is 51.0 Å². The zero-order chi connectivity index (χ0) is 14.7. The zero-order valence-electron chi connectivity index (χ0n) is 13.7. The van der Waals surface area contributed by atoms with E-state index in [1.54, 1.807) is 0 Å². The van der Waals surface area contributed by atoms with Crippen LogP contribution in [0.5, 0.6) is 0 Å². The smallest absolute Gasteiger partial charge is 1.00 e. The average Bonchev–Trinajstić information content (AvgIpc) is 3.17. The molecule has 4 heteroatoms. The van der Waals surface area contributed by atoms with Crippen molar-refractivity contribution in [2.45, 2.75) is 0 Å². The van der Waals surface area contributed by atoms with Crippen LogP contribution in [0.4, 0.5) is 5.69 Å². The Morgan fingerprint density at radius 2 is 1.38 bits per heavy atom. The molecule has 0 saturated heterocycles. The van der Waals surface area contributed by atoms with E-state index in [1.807, 2.05) is 30.3 Å². The van der Waals surface area contributed by atoms with Crippen molar-refractivity contribution in [3.05, 3.63) is 78.9 Å². The van der Waals surface area contributed by atoms with Crippen LogP contribution in [0.3, 0.4) is 0 Å². The molecule has 4 rings (SSSR count). The third kappa shape index (κ3) is 5.21. The summed E-state index contributed by atoms with van der Waals surface area (Å²) >= 11 is 0. The van der Waals surface area contributed by atoms with Gasteiger partial charge in [0.05, 0.1) is 0 Å². The van der Waals surface area contributed by atoms with Gasteiger partial charge in [0.25, 0.3) is 0 Å². The van der Waals surface area contributed by atoms with E-state index in [2.05, 4.69) is 67.5 Å². The van der Waals surface area contributed by atoms with Crippen molar-refractivity contribution in [2.24, 2.45) is 0 Å². The Hall–Kier alpha value is -1.08. The summed E-state index contributed by atoms with van der Waals surface area (Å²) in [5, 5.41) is 5.35. The first-order valence-corrected chi connectivity index (χ1v) is 7.18. The van der Waals surface area contributed by atoms with E-state index in [0.717, 1.165) is 0 Å². The maximum Gasteiger partial charge on any atom is 4.00 e. The van der Waals surface area contributed by atoms with Crippen LogP contribution >= 0.6 is 0 Å². The number of hydrogen-bond acceptors (Lipinski definition) is 1. The van der Waals surface area contributed by atoms with Crippen molar-refractivity contribution in [1.29, 1.82) is 0 Å². The standard InChI is InChI=1S/C15H14N.C5H5.2ClH.Zr/c1-16(2)13-7-8-15-12(10-13)9-11-5-3-4-6-14(11)15;1-2-4-5-3-1;;;/h3-10H,1-2H3;1-5H;2*1H;/q2*-1;;;+4/p-2. The third-order valence-electron chi connectivity index (χ3n) is 3.67. The van der Waals surface area contributed by atoms with E-state index in [0.29, 0.717) is 0 Å². The Labute approximate surface area is 175 Å². The molecule has 1 nitrogen and oxygen atoms in total. The molecule has 24 heavy (non-hydrogen) atoms. The van der Waals surface area contributed by atoms with Crippen LogP contribution in [0.15, 0.2) is 78.9 Å². The van der Waals surface area contributed by atoms with Gasteiger partial charge in [-0.2, -0.15) is 18.2 Å². The van der Waals surface area contributed by atoms with Gasteiger partial charge in [0.15, 0.2) is 0 Å². The van der Waals surface area contributed by atoms with Crippen molar-refractivity contribution in [1.82, 2.24) is 0 Å². The molecule has 122 valence electrons. The van der Waals surface area contributed by atoms with E-state index in [1.165, 1.54) is 27.2 Å². The van der Waals surface area contributed by atoms with E-state index < -0.39 is 0 Å². The molecular formula is C20H19Cl2NZr. The van der Waals surface area contributed by atoms with Gasteiger partial charge < -0.3 is 29.7 Å². The summed E-state index contributed by atoms with van der Waals surface area (Å²) in [4.78, 5) is 2.14. The molecule has 4 aromatic carbocycles. The largest absolute Gasteiger partial charge is 4.00 e. The number of rotatable bonds is 1. The second kappa shape index (κ2) is 10.7. The van der Waals surface area contributed by atoms with Crippen molar-refractivity contribution in [3.8, 4) is 0 Å². The number of halogens is 2. The minimum absolute atomic E-state index is 0. The molecular weight excluding hydrogens is 416 g/mol. The van der Waals surface area contributed by atoms with Crippen molar-refractivity contribution < 1.29 is 51.0 Å². The maximum absolute atomic E-state index is 2.26. The second-order valence-corrected chi connectivity index (χ2v) is 5.36. The number of hydrogen-bond donors (Lipinski definition) is 0. The summed E-state index contributed by atoms with van der Waals surface area (Å²) in [5.74, 6) is 0. The summed E-state index contributed by atoms with van der Waals surface area (Å²) < 4.78 is 0. The molecule has 0 amide bonds. The fraction of sp³-hybridized carbons (Fsp3) is 0.100. The van der Waals surface area contributed by atoms with Gasteiger partial charge in [0, 0.05) is 19.8 Å². The van der Waals surface area contributed by atoms with E-state index in [9.17, 15) is 0 Å². The van der Waals surface area contributed by atoms with Gasteiger partial charge in [-0.05, 0) is 0 Å². The molecule has 0 unspecified atom stereocenters. The molecule has 0 heterocycles. The molecule has 0 aliphatic carbocycles. The average molecular weight is 436 g/mol. The number of anilines is 1. The Balaban J connectivity index is 0.000000578. The normalized spacial score (nSPS) is 9.08. The van der Waals surface area contributed by atoms with Crippen LogP contribution in [0.1, 0.15) is 0 Å². The first-order chi connectivity index (χ1) is 10.3. The van der Waals surface area contributed by atoms with Crippen molar-refractivity contribution in [2.75, 3.05) is 19.0 Å². The molecule has 0 fully saturated rings. The predicted molar refractivity (Wildman–Crippen MR) is 93.4 cm³/mol. The van der Waals surface area contributed by atoms with Crippen LogP contribution < -0.4 is 29.7 Å². The van der Waals surface area contributed by atoms with Gasteiger partial charge >= 0.3 is 26.2 Å². The first kappa shape index (κ1) is 22.9. The molecule has 0 aromatic heterocycles. The van der Waals surface area contributed by atoms with Crippen LogP contribution in [0.25, 0.3) is 21.5 Å². The van der Waals surface area contributed by atoms with E-state index >= 15 is 0 Å². The Morgan fingerprint density at radius 3 is 1.96 bits per heavy atom. The summed E-state index contributed by atoms with van der Waals surface area (Å²) in [6.45, 7) is 0. The van der Waals surface area contributed by atoms with Crippen LogP contribution in [-0.4, -0.2) is 14.1 Å². The monoisotopic (exact) mass is 433 g/mol. The van der Waals surface area contributed by atoms with Gasteiger partial charge in [-0.15, -0.1) is 33.7 Å². The van der Waals surface area contributed by atoms with Crippen molar-refractivity contribution >= 4 is 27.2 Å². The minimum Gasteiger partial charge on any atom is -1.00 e. The number of benzene rings is 2. The molecule has 0 atom stereocenters. The van der Waals surface area contributed by atoms with Gasteiger partial charge in [0.2, 0.25) is 0 Å². The van der Waals surface area contributed by atoms with E-state index in [4.69, 9.17) is 0 Å². The molecule has 0 aliphatic rings. The van der Waals surface area contributed by atoms with Gasteiger partial charge in [0.1, 0.15) is 0 Å². The van der Waals surface area contributed by atoms with Crippen LogP contribution in [0, 0.1) is 0 Å². The van der Waals surface area contributed by atoms with Gasteiger partial charge in [-0.3, -0.25) is 0 Å². The molecule has 0 radical (unpaired) electrons. The molecule has 4 aromatic rings.